The fourth-order valence-corrected chi connectivity index (χ4v) is 2.54. The first-order chi connectivity index (χ1) is 10.6. The SMILES string of the molecule is S=c1[nH]nc(-c2ccccc2)n1N=Cc1ccc(Cl)cc1Cl. The van der Waals surface area contributed by atoms with Gasteiger partial charge < -0.3 is 0 Å². The second-order valence-corrected chi connectivity index (χ2v) is 5.67. The van der Waals surface area contributed by atoms with Crippen molar-refractivity contribution in [2.45, 2.75) is 0 Å². The molecule has 1 heterocycles. The zero-order valence-corrected chi connectivity index (χ0v) is 13.5. The largest absolute Gasteiger partial charge is 0.250 e. The summed E-state index contributed by atoms with van der Waals surface area (Å²) in [7, 11) is 0. The number of nitrogens with one attached hydrogen (secondary N) is 1. The Balaban J connectivity index is 2.01. The van der Waals surface area contributed by atoms with Crippen molar-refractivity contribution in [2.24, 2.45) is 5.10 Å². The van der Waals surface area contributed by atoms with Crippen LogP contribution in [-0.2, 0) is 0 Å². The van der Waals surface area contributed by atoms with Crippen LogP contribution in [0.5, 0.6) is 0 Å². The van der Waals surface area contributed by atoms with Crippen LogP contribution in [0.1, 0.15) is 5.56 Å². The highest BCUT2D eigenvalue weighted by atomic mass is 35.5. The average molecular weight is 349 g/mol. The number of rotatable bonds is 3. The molecule has 0 aliphatic heterocycles. The van der Waals surface area contributed by atoms with Crippen LogP contribution in [-0.4, -0.2) is 21.1 Å². The van der Waals surface area contributed by atoms with Crippen molar-refractivity contribution >= 4 is 41.6 Å². The molecule has 0 aliphatic carbocycles. The summed E-state index contributed by atoms with van der Waals surface area (Å²) >= 11 is 17.2. The van der Waals surface area contributed by atoms with Gasteiger partial charge in [0.2, 0.25) is 4.77 Å². The molecule has 0 aliphatic rings. The Labute approximate surface area is 142 Å². The van der Waals surface area contributed by atoms with Crippen LogP contribution in [0.2, 0.25) is 10.0 Å². The second-order valence-electron chi connectivity index (χ2n) is 4.44. The number of hydrogen-bond donors (Lipinski definition) is 1. The second kappa shape index (κ2) is 6.44. The third kappa shape index (κ3) is 3.11. The van der Waals surface area contributed by atoms with E-state index in [4.69, 9.17) is 35.4 Å². The standard InChI is InChI=1S/C15H10Cl2N4S/c16-12-7-6-11(13(17)8-12)9-18-21-14(19-20-15(21)22)10-4-2-1-3-5-10/h1-9H,(H,20,22). The predicted molar refractivity (Wildman–Crippen MR) is 92.3 cm³/mol. The van der Waals surface area contributed by atoms with Gasteiger partial charge in [0.1, 0.15) is 0 Å². The highest BCUT2D eigenvalue weighted by Crippen LogP contribution is 2.20. The fourth-order valence-electron chi connectivity index (χ4n) is 1.90. The van der Waals surface area contributed by atoms with Gasteiger partial charge in [-0.05, 0) is 24.4 Å². The van der Waals surface area contributed by atoms with Gasteiger partial charge >= 0.3 is 0 Å². The van der Waals surface area contributed by atoms with E-state index in [0.717, 1.165) is 11.1 Å². The number of aromatic amines is 1. The number of H-pyrrole nitrogens is 1. The maximum absolute atomic E-state index is 6.13. The van der Waals surface area contributed by atoms with E-state index in [1.54, 1.807) is 29.1 Å². The summed E-state index contributed by atoms with van der Waals surface area (Å²) in [6, 6.07) is 14.9. The lowest BCUT2D eigenvalue weighted by molar-refractivity contribution is 0.871. The van der Waals surface area contributed by atoms with Gasteiger partial charge in [-0.25, -0.2) is 5.10 Å². The van der Waals surface area contributed by atoms with Crippen molar-refractivity contribution in [2.75, 3.05) is 0 Å². The summed E-state index contributed by atoms with van der Waals surface area (Å²) in [6.45, 7) is 0. The van der Waals surface area contributed by atoms with E-state index in [1.807, 2.05) is 30.3 Å². The molecular weight excluding hydrogens is 339 g/mol. The molecule has 0 bridgehead atoms. The van der Waals surface area contributed by atoms with E-state index in [0.29, 0.717) is 20.6 Å². The van der Waals surface area contributed by atoms with Gasteiger partial charge in [0.25, 0.3) is 0 Å². The Kier molecular flexibility index (Phi) is 4.38. The molecular formula is C15H10Cl2N4S. The third-order valence-corrected chi connectivity index (χ3v) is 3.78. The van der Waals surface area contributed by atoms with E-state index in [-0.39, 0.29) is 0 Å². The quantitative estimate of drug-likeness (QED) is 0.545. The molecule has 2 aromatic carbocycles. The lowest BCUT2D eigenvalue weighted by atomic mass is 10.2. The lowest BCUT2D eigenvalue weighted by Gasteiger charge is -2.01. The summed E-state index contributed by atoms with van der Waals surface area (Å²) < 4.78 is 1.95. The minimum Gasteiger partial charge on any atom is -0.250 e. The average Bonchev–Trinajstić information content (AvgIpc) is 2.88. The number of aromatic nitrogens is 3. The molecule has 1 N–H and O–H groups in total. The van der Waals surface area contributed by atoms with Crippen molar-refractivity contribution in [3.8, 4) is 11.4 Å². The van der Waals surface area contributed by atoms with Crippen molar-refractivity contribution in [1.82, 2.24) is 14.9 Å². The van der Waals surface area contributed by atoms with Crippen LogP contribution in [0.3, 0.4) is 0 Å². The van der Waals surface area contributed by atoms with Gasteiger partial charge in [0, 0.05) is 16.1 Å². The molecule has 0 atom stereocenters. The molecule has 0 saturated carbocycles. The molecule has 0 unspecified atom stereocenters. The van der Waals surface area contributed by atoms with Gasteiger partial charge in [0.05, 0.1) is 11.2 Å². The van der Waals surface area contributed by atoms with Gasteiger partial charge in [-0.2, -0.15) is 14.9 Å². The minimum atomic E-state index is 0.403. The third-order valence-electron chi connectivity index (χ3n) is 2.96. The van der Waals surface area contributed by atoms with Gasteiger partial charge in [0.15, 0.2) is 5.82 Å². The van der Waals surface area contributed by atoms with E-state index in [9.17, 15) is 0 Å². The van der Waals surface area contributed by atoms with Crippen molar-refractivity contribution in [3.05, 3.63) is 68.9 Å². The Morgan fingerprint density at radius 3 is 2.64 bits per heavy atom. The molecule has 7 heteroatoms. The van der Waals surface area contributed by atoms with E-state index in [2.05, 4.69) is 15.3 Å². The molecule has 110 valence electrons. The zero-order valence-electron chi connectivity index (χ0n) is 11.2. The molecule has 3 rings (SSSR count). The Bertz CT molecular complexity index is 884. The molecule has 3 aromatic rings. The van der Waals surface area contributed by atoms with Crippen molar-refractivity contribution in [3.63, 3.8) is 0 Å². The van der Waals surface area contributed by atoms with Crippen molar-refractivity contribution < 1.29 is 0 Å². The highest BCUT2D eigenvalue weighted by molar-refractivity contribution is 7.71. The van der Waals surface area contributed by atoms with Crippen LogP contribution in [0, 0.1) is 4.77 Å². The summed E-state index contributed by atoms with van der Waals surface area (Å²) in [5.41, 5.74) is 1.65. The normalized spacial score (nSPS) is 11.2. The summed E-state index contributed by atoms with van der Waals surface area (Å²) in [4.78, 5) is 0. The van der Waals surface area contributed by atoms with Gasteiger partial charge in [-0.1, -0.05) is 59.6 Å². The van der Waals surface area contributed by atoms with Crippen LogP contribution >= 0.6 is 35.4 Å². The van der Waals surface area contributed by atoms with E-state index in [1.165, 1.54) is 0 Å². The number of hydrogen-bond acceptors (Lipinski definition) is 3. The zero-order chi connectivity index (χ0) is 15.5. The number of halogens is 2. The topological polar surface area (TPSA) is 46.0 Å². The Morgan fingerprint density at radius 1 is 1.14 bits per heavy atom. The molecule has 22 heavy (non-hydrogen) atoms. The molecule has 0 radical (unpaired) electrons. The molecule has 4 nitrogen and oxygen atoms in total. The van der Waals surface area contributed by atoms with Gasteiger partial charge in [-0.15, -0.1) is 0 Å². The first-order valence-electron chi connectivity index (χ1n) is 6.37. The predicted octanol–water partition coefficient (Wildman–Crippen LogP) is 4.80. The first kappa shape index (κ1) is 15.0. The van der Waals surface area contributed by atoms with Crippen LogP contribution < -0.4 is 0 Å². The van der Waals surface area contributed by atoms with E-state index < -0.39 is 0 Å². The molecule has 1 aromatic heterocycles. The fraction of sp³-hybridized carbons (Fsp3) is 0. The van der Waals surface area contributed by atoms with Crippen molar-refractivity contribution in [1.29, 1.82) is 0 Å². The number of nitrogens with zero attached hydrogens (tertiary/aromatic N) is 3. The van der Waals surface area contributed by atoms with Gasteiger partial charge in [-0.3, -0.25) is 0 Å². The molecule has 0 amide bonds. The summed E-state index contributed by atoms with van der Waals surface area (Å²) in [5, 5.41) is 12.4. The summed E-state index contributed by atoms with van der Waals surface area (Å²) in [5.74, 6) is 0.631. The molecule has 0 fully saturated rings. The lowest BCUT2D eigenvalue weighted by Crippen LogP contribution is -1.95. The molecule has 0 saturated heterocycles. The summed E-state index contributed by atoms with van der Waals surface area (Å²) in [6.07, 6.45) is 1.62. The smallest absolute Gasteiger partial charge is 0.216 e. The highest BCUT2D eigenvalue weighted by Gasteiger charge is 2.07. The Hall–Kier alpha value is -1.95. The maximum Gasteiger partial charge on any atom is 0.216 e. The van der Waals surface area contributed by atoms with Crippen LogP contribution in [0.4, 0.5) is 0 Å². The van der Waals surface area contributed by atoms with E-state index >= 15 is 0 Å². The van der Waals surface area contributed by atoms with Crippen LogP contribution in [0.25, 0.3) is 11.4 Å². The molecule has 0 spiro atoms. The number of benzene rings is 2. The first-order valence-corrected chi connectivity index (χ1v) is 7.54. The minimum absolute atomic E-state index is 0.403. The van der Waals surface area contributed by atoms with Crippen LogP contribution in [0.15, 0.2) is 53.6 Å². The maximum atomic E-state index is 6.13. The Morgan fingerprint density at radius 2 is 1.91 bits per heavy atom. The monoisotopic (exact) mass is 348 g/mol.